The molecular weight excluding hydrogens is 299 g/mol. The third-order valence-electron chi connectivity index (χ3n) is 2.50. The summed E-state index contributed by atoms with van der Waals surface area (Å²) < 4.78 is 31.7. The van der Waals surface area contributed by atoms with Crippen LogP contribution in [0, 0.1) is 0 Å². The van der Waals surface area contributed by atoms with Gasteiger partial charge in [0.05, 0.1) is 0 Å². The second kappa shape index (κ2) is 7.26. The van der Waals surface area contributed by atoms with Crippen LogP contribution in [-0.4, -0.2) is 23.2 Å². The fraction of sp³-hybridized carbons (Fsp3) is 0.0667. The third kappa shape index (κ3) is 5.28. The summed E-state index contributed by atoms with van der Waals surface area (Å²) in [4.78, 5) is 19.9. The Balaban J connectivity index is 0.000000295. The highest BCUT2D eigenvalue weighted by atomic mass is 19.4. The van der Waals surface area contributed by atoms with Crippen molar-refractivity contribution in [3.8, 4) is 11.1 Å². The van der Waals surface area contributed by atoms with Gasteiger partial charge >= 0.3 is 12.1 Å². The second-order valence-electron chi connectivity index (χ2n) is 4.11. The van der Waals surface area contributed by atoms with Crippen LogP contribution < -0.4 is 5.73 Å². The van der Waals surface area contributed by atoms with Crippen LogP contribution >= 0.6 is 0 Å². The lowest BCUT2D eigenvalue weighted by atomic mass is 10.0. The van der Waals surface area contributed by atoms with Gasteiger partial charge in [0.25, 0.3) is 0 Å². The molecule has 2 rings (SSSR count). The normalized spacial score (nSPS) is 10.3. The Morgan fingerprint density at radius 1 is 0.909 bits per heavy atom. The van der Waals surface area contributed by atoms with Crippen LogP contribution in [0.2, 0.25) is 0 Å². The number of rotatable bonds is 2. The van der Waals surface area contributed by atoms with Crippen LogP contribution in [-0.2, 0) is 4.79 Å². The summed E-state index contributed by atoms with van der Waals surface area (Å²) >= 11 is 0. The van der Waals surface area contributed by atoms with Gasteiger partial charge in [-0.25, -0.2) is 4.79 Å². The molecule has 22 heavy (non-hydrogen) atoms. The van der Waals surface area contributed by atoms with Crippen LogP contribution in [0.5, 0.6) is 0 Å². The molecule has 0 radical (unpaired) electrons. The summed E-state index contributed by atoms with van der Waals surface area (Å²) in [5, 5.41) is 7.12. The zero-order valence-corrected chi connectivity index (χ0v) is 11.2. The van der Waals surface area contributed by atoms with Crippen molar-refractivity contribution >= 4 is 11.9 Å². The number of hydrogen-bond donors (Lipinski definition) is 2. The molecule has 4 nitrogen and oxygen atoms in total. The molecule has 2 aromatic rings. The molecule has 0 bridgehead atoms. The lowest BCUT2D eigenvalue weighted by Crippen LogP contribution is -2.21. The van der Waals surface area contributed by atoms with Gasteiger partial charge in [-0.05, 0) is 23.3 Å². The Kier molecular flexibility index (Phi) is 5.68. The van der Waals surface area contributed by atoms with Crippen LogP contribution in [0.3, 0.4) is 0 Å². The van der Waals surface area contributed by atoms with Gasteiger partial charge in [-0.2, -0.15) is 13.2 Å². The predicted molar refractivity (Wildman–Crippen MR) is 74.1 cm³/mol. The Morgan fingerprint density at radius 3 is 1.86 bits per heavy atom. The minimum Gasteiger partial charge on any atom is -0.475 e. The van der Waals surface area contributed by atoms with E-state index < -0.39 is 18.1 Å². The third-order valence-corrected chi connectivity index (χ3v) is 2.50. The fourth-order valence-corrected chi connectivity index (χ4v) is 1.48. The predicted octanol–water partition coefficient (Wildman–Crippen LogP) is 3.09. The van der Waals surface area contributed by atoms with Crippen molar-refractivity contribution in [3.05, 3.63) is 60.2 Å². The number of aliphatic carboxylic acids is 1. The molecule has 0 aliphatic rings. The lowest BCUT2D eigenvalue weighted by Gasteiger charge is -2.02. The summed E-state index contributed by atoms with van der Waals surface area (Å²) in [7, 11) is 0. The molecule has 7 heteroatoms. The van der Waals surface area contributed by atoms with Crippen LogP contribution in [0.4, 0.5) is 13.2 Å². The number of hydrogen-bond acceptors (Lipinski definition) is 2. The van der Waals surface area contributed by atoms with Gasteiger partial charge in [0.1, 0.15) is 0 Å². The highest BCUT2D eigenvalue weighted by Crippen LogP contribution is 2.19. The van der Waals surface area contributed by atoms with Crippen molar-refractivity contribution < 1.29 is 27.9 Å². The zero-order valence-electron chi connectivity index (χ0n) is 11.2. The van der Waals surface area contributed by atoms with Crippen molar-refractivity contribution in [1.82, 2.24) is 0 Å². The van der Waals surface area contributed by atoms with Crippen LogP contribution in [0.25, 0.3) is 11.1 Å². The summed E-state index contributed by atoms with van der Waals surface area (Å²) in [6.45, 7) is 0. The molecule has 0 fully saturated rings. The molecular formula is C15H12F3NO3. The summed E-state index contributed by atoms with van der Waals surface area (Å²) in [6.07, 6.45) is -5.08. The van der Waals surface area contributed by atoms with E-state index in [1.807, 2.05) is 42.5 Å². The molecule has 0 saturated carbocycles. The van der Waals surface area contributed by atoms with Gasteiger partial charge in [-0.3, -0.25) is 4.79 Å². The highest BCUT2D eigenvalue weighted by Gasteiger charge is 2.38. The first-order chi connectivity index (χ1) is 10.2. The van der Waals surface area contributed by atoms with Crippen molar-refractivity contribution in [2.24, 2.45) is 5.73 Å². The van der Waals surface area contributed by atoms with E-state index in [4.69, 9.17) is 15.6 Å². The van der Waals surface area contributed by atoms with Crippen LogP contribution in [0.1, 0.15) is 10.4 Å². The SMILES string of the molecule is NC(=O)c1cccc(-c2ccccc2)c1.O=C(O)C(F)(F)F. The van der Waals surface area contributed by atoms with Gasteiger partial charge in [0, 0.05) is 5.56 Å². The molecule has 0 aliphatic heterocycles. The van der Waals surface area contributed by atoms with Crippen molar-refractivity contribution in [1.29, 1.82) is 0 Å². The van der Waals surface area contributed by atoms with E-state index >= 15 is 0 Å². The number of primary amides is 1. The maximum Gasteiger partial charge on any atom is 0.490 e. The number of nitrogens with two attached hydrogens (primary N) is 1. The van der Waals surface area contributed by atoms with Gasteiger partial charge in [0.2, 0.25) is 5.91 Å². The van der Waals surface area contributed by atoms with Crippen molar-refractivity contribution in [2.45, 2.75) is 6.18 Å². The number of carbonyl (C=O) groups excluding carboxylic acids is 1. The van der Waals surface area contributed by atoms with Crippen molar-refractivity contribution in [2.75, 3.05) is 0 Å². The summed E-state index contributed by atoms with van der Waals surface area (Å²) in [6, 6.07) is 17.2. The smallest absolute Gasteiger partial charge is 0.475 e. The maximum atomic E-state index is 11.0. The number of amides is 1. The molecule has 0 aromatic heterocycles. The molecule has 116 valence electrons. The average molecular weight is 311 g/mol. The molecule has 0 unspecified atom stereocenters. The van der Waals surface area contributed by atoms with E-state index in [-0.39, 0.29) is 0 Å². The first-order valence-electron chi connectivity index (χ1n) is 5.97. The Hall–Kier alpha value is -2.83. The van der Waals surface area contributed by atoms with E-state index in [0.717, 1.165) is 11.1 Å². The minimum atomic E-state index is -5.08. The largest absolute Gasteiger partial charge is 0.490 e. The van der Waals surface area contributed by atoms with E-state index in [2.05, 4.69) is 0 Å². The summed E-state index contributed by atoms with van der Waals surface area (Å²) in [5.41, 5.74) is 7.85. The fourth-order valence-electron chi connectivity index (χ4n) is 1.48. The van der Waals surface area contributed by atoms with Gasteiger partial charge < -0.3 is 10.8 Å². The van der Waals surface area contributed by atoms with E-state index in [1.54, 1.807) is 12.1 Å². The highest BCUT2D eigenvalue weighted by molar-refractivity contribution is 5.94. The number of alkyl halides is 3. The van der Waals surface area contributed by atoms with Gasteiger partial charge in [-0.1, -0.05) is 42.5 Å². The van der Waals surface area contributed by atoms with E-state index in [9.17, 15) is 18.0 Å². The topological polar surface area (TPSA) is 80.4 Å². The number of carboxylic acids is 1. The standard InChI is InChI=1S/C13H11NO.C2HF3O2/c14-13(15)12-8-4-7-11(9-12)10-5-2-1-3-6-10;3-2(4,5)1(6)7/h1-9H,(H2,14,15);(H,6,7). The molecule has 1 amide bonds. The molecule has 3 N–H and O–H groups in total. The average Bonchev–Trinajstić information content (AvgIpc) is 2.48. The van der Waals surface area contributed by atoms with Crippen LogP contribution in [0.15, 0.2) is 54.6 Å². The number of carboxylic acid groups (broad SMARTS) is 1. The molecule has 2 aromatic carbocycles. The van der Waals surface area contributed by atoms with Gasteiger partial charge in [0.15, 0.2) is 0 Å². The maximum absolute atomic E-state index is 11.0. The molecule has 0 atom stereocenters. The second-order valence-corrected chi connectivity index (χ2v) is 4.11. The van der Waals surface area contributed by atoms with E-state index in [0.29, 0.717) is 5.56 Å². The Morgan fingerprint density at radius 2 is 1.41 bits per heavy atom. The molecule has 0 aliphatic carbocycles. The summed E-state index contributed by atoms with van der Waals surface area (Å²) in [5.74, 6) is -3.15. The molecule has 0 saturated heterocycles. The first kappa shape index (κ1) is 17.2. The minimum absolute atomic E-state index is 0.396. The van der Waals surface area contributed by atoms with Gasteiger partial charge in [-0.15, -0.1) is 0 Å². The number of benzene rings is 2. The first-order valence-corrected chi connectivity index (χ1v) is 5.97. The lowest BCUT2D eigenvalue weighted by molar-refractivity contribution is -0.192. The van der Waals surface area contributed by atoms with Crippen molar-refractivity contribution in [3.63, 3.8) is 0 Å². The molecule has 0 heterocycles. The quantitative estimate of drug-likeness (QED) is 0.894. The number of carbonyl (C=O) groups is 2. The monoisotopic (exact) mass is 311 g/mol. The number of halogens is 3. The zero-order chi connectivity index (χ0) is 16.8. The molecule has 0 spiro atoms. The Bertz CT molecular complexity index is 655. The van der Waals surface area contributed by atoms with E-state index in [1.165, 1.54) is 0 Å². The Labute approximate surface area is 124 Å².